The van der Waals surface area contributed by atoms with Crippen molar-refractivity contribution < 1.29 is 14.3 Å². The Labute approximate surface area is 195 Å². The highest BCUT2D eigenvalue weighted by molar-refractivity contribution is 5.90. The molecule has 1 aliphatic rings. The smallest absolute Gasteiger partial charge is 0.138 e. The van der Waals surface area contributed by atoms with Gasteiger partial charge >= 0.3 is 0 Å². The maximum atomic E-state index is 9.71. The van der Waals surface area contributed by atoms with Gasteiger partial charge in [0.05, 0.1) is 0 Å². The third-order valence-electron chi connectivity index (χ3n) is 6.57. The van der Waals surface area contributed by atoms with Crippen molar-refractivity contribution in [1.29, 1.82) is 0 Å². The van der Waals surface area contributed by atoms with Crippen LogP contribution in [0.4, 0.5) is 0 Å². The minimum absolute atomic E-state index is 0.253. The Hall–Kier alpha value is -3.24. The van der Waals surface area contributed by atoms with Crippen molar-refractivity contribution in [3.8, 4) is 22.8 Å². The number of aromatic hydroxyl groups is 1. The third kappa shape index (κ3) is 4.91. The topological polar surface area (TPSA) is 45.8 Å². The van der Waals surface area contributed by atoms with E-state index in [-0.39, 0.29) is 5.75 Å². The summed E-state index contributed by atoms with van der Waals surface area (Å²) in [5, 5.41) is 10.8. The lowest BCUT2D eigenvalue weighted by Gasteiger charge is -2.26. The summed E-state index contributed by atoms with van der Waals surface area (Å²) in [4.78, 5) is 2.49. The zero-order chi connectivity index (χ0) is 22.6. The first-order valence-electron chi connectivity index (χ1n) is 11.9. The fourth-order valence-corrected chi connectivity index (χ4v) is 4.72. The number of benzene rings is 3. The maximum Gasteiger partial charge on any atom is 0.138 e. The van der Waals surface area contributed by atoms with E-state index in [2.05, 4.69) is 54.3 Å². The number of rotatable bonds is 7. The van der Waals surface area contributed by atoms with Crippen molar-refractivity contribution >= 4 is 11.0 Å². The van der Waals surface area contributed by atoms with Gasteiger partial charge in [0, 0.05) is 29.5 Å². The second kappa shape index (κ2) is 9.72. The van der Waals surface area contributed by atoms with Crippen molar-refractivity contribution in [3.63, 3.8) is 0 Å². The van der Waals surface area contributed by atoms with Gasteiger partial charge in [-0.2, -0.15) is 0 Å². The van der Waals surface area contributed by atoms with Crippen LogP contribution in [0, 0.1) is 6.92 Å². The lowest BCUT2D eigenvalue weighted by Crippen LogP contribution is -2.33. The van der Waals surface area contributed by atoms with Crippen LogP contribution in [0.5, 0.6) is 11.5 Å². The molecule has 0 amide bonds. The molecular weight excluding hydrogens is 410 g/mol. The van der Waals surface area contributed by atoms with Crippen LogP contribution in [0.2, 0.25) is 0 Å². The van der Waals surface area contributed by atoms with Crippen LogP contribution in [0.15, 0.2) is 71.1 Å². The Morgan fingerprint density at radius 2 is 1.67 bits per heavy atom. The summed E-state index contributed by atoms with van der Waals surface area (Å²) in [6.45, 7) is 6.20. The number of phenolic OH excluding ortho intramolecular Hbond substituents is 1. The van der Waals surface area contributed by atoms with Gasteiger partial charge in [-0.05, 0) is 80.4 Å². The molecule has 170 valence electrons. The highest BCUT2D eigenvalue weighted by atomic mass is 16.5. The molecule has 0 radical (unpaired) electrons. The Kier molecular flexibility index (Phi) is 6.36. The molecule has 1 saturated heterocycles. The van der Waals surface area contributed by atoms with Crippen molar-refractivity contribution in [3.05, 3.63) is 83.4 Å². The average Bonchev–Trinajstić information content (AvgIpc) is 3.21. The summed E-state index contributed by atoms with van der Waals surface area (Å²) < 4.78 is 12.4. The summed E-state index contributed by atoms with van der Waals surface area (Å²) >= 11 is 0. The monoisotopic (exact) mass is 441 g/mol. The van der Waals surface area contributed by atoms with Gasteiger partial charge in [0.2, 0.25) is 0 Å². The van der Waals surface area contributed by atoms with E-state index in [9.17, 15) is 5.11 Å². The van der Waals surface area contributed by atoms with Crippen molar-refractivity contribution in [1.82, 2.24) is 4.90 Å². The van der Waals surface area contributed by atoms with Crippen LogP contribution < -0.4 is 4.74 Å². The number of hydrogen-bond donors (Lipinski definition) is 1. The minimum Gasteiger partial charge on any atom is -0.508 e. The van der Waals surface area contributed by atoms with E-state index in [1.54, 1.807) is 12.1 Å². The predicted octanol–water partition coefficient (Wildman–Crippen LogP) is 6.57. The number of likely N-dealkylation sites (tertiary alicyclic amines) is 1. The normalized spacial score (nSPS) is 14.6. The van der Waals surface area contributed by atoms with Crippen LogP contribution in [-0.2, 0) is 6.42 Å². The SMILES string of the molecule is Cc1cccc2c(Cc3ccc(OCCN4CCCCC4)cc3)c(-c3ccc(O)cc3)oc12. The molecule has 4 nitrogen and oxygen atoms in total. The summed E-state index contributed by atoms with van der Waals surface area (Å²) in [5.41, 5.74) is 5.39. The lowest BCUT2D eigenvalue weighted by molar-refractivity contribution is 0.183. The molecule has 2 heterocycles. The van der Waals surface area contributed by atoms with Crippen LogP contribution >= 0.6 is 0 Å². The molecular formula is C29H31NO3. The largest absolute Gasteiger partial charge is 0.508 e. The molecule has 0 aliphatic carbocycles. The molecule has 1 aromatic heterocycles. The number of piperidine rings is 1. The molecule has 33 heavy (non-hydrogen) atoms. The van der Waals surface area contributed by atoms with Gasteiger partial charge in [-0.1, -0.05) is 36.8 Å². The summed E-state index contributed by atoms with van der Waals surface area (Å²) in [6, 6.07) is 21.9. The fraction of sp³-hybridized carbons (Fsp3) is 0.310. The number of aryl methyl sites for hydroxylation is 1. The quantitative estimate of drug-likeness (QED) is 0.352. The highest BCUT2D eigenvalue weighted by Gasteiger charge is 2.18. The Balaban J connectivity index is 1.34. The van der Waals surface area contributed by atoms with E-state index in [4.69, 9.17) is 9.15 Å². The molecule has 0 spiro atoms. The predicted molar refractivity (Wildman–Crippen MR) is 133 cm³/mol. The number of nitrogens with zero attached hydrogens (tertiary/aromatic N) is 1. The number of phenols is 1. The van der Waals surface area contributed by atoms with E-state index in [0.717, 1.165) is 58.7 Å². The zero-order valence-electron chi connectivity index (χ0n) is 19.2. The zero-order valence-corrected chi connectivity index (χ0v) is 19.2. The number of furan rings is 1. The minimum atomic E-state index is 0.253. The van der Waals surface area contributed by atoms with Gasteiger partial charge in [-0.15, -0.1) is 0 Å². The van der Waals surface area contributed by atoms with Gasteiger partial charge in [0.15, 0.2) is 0 Å². The molecule has 1 fully saturated rings. The number of fused-ring (bicyclic) bond motifs is 1. The van der Waals surface area contributed by atoms with E-state index in [0.29, 0.717) is 0 Å². The number of para-hydroxylation sites is 1. The molecule has 4 aromatic rings. The van der Waals surface area contributed by atoms with Gasteiger partial charge in [-0.25, -0.2) is 0 Å². The third-order valence-corrected chi connectivity index (χ3v) is 6.57. The van der Waals surface area contributed by atoms with Crippen molar-refractivity contribution in [2.24, 2.45) is 0 Å². The van der Waals surface area contributed by atoms with E-state index < -0.39 is 0 Å². The van der Waals surface area contributed by atoms with Crippen molar-refractivity contribution in [2.75, 3.05) is 26.2 Å². The average molecular weight is 442 g/mol. The lowest BCUT2D eigenvalue weighted by atomic mass is 9.98. The van der Waals surface area contributed by atoms with Crippen molar-refractivity contribution in [2.45, 2.75) is 32.6 Å². The second-order valence-corrected chi connectivity index (χ2v) is 8.98. The van der Waals surface area contributed by atoms with Crippen LogP contribution in [0.3, 0.4) is 0 Å². The van der Waals surface area contributed by atoms with Crippen LogP contribution in [0.25, 0.3) is 22.3 Å². The van der Waals surface area contributed by atoms with E-state index in [1.807, 2.05) is 12.1 Å². The van der Waals surface area contributed by atoms with Crippen LogP contribution in [0.1, 0.15) is 36.0 Å². The summed E-state index contributed by atoms with van der Waals surface area (Å²) in [7, 11) is 0. The van der Waals surface area contributed by atoms with Gasteiger partial charge in [-0.3, -0.25) is 4.90 Å². The Morgan fingerprint density at radius 1 is 0.909 bits per heavy atom. The summed E-state index contributed by atoms with van der Waals surface area (Å²) in [5.74, 6) is 2.03. The molecule has 0 bridgehead atoms. The van der Waals surface area contributed by atoms with E-state index in [1.165, 1.54) is 37.9 Å². The maximum absolute atomic E-state index is 9.71. The fourth-order valence-electron chi connectivity index (χ4n) is 4.72. The standard InChI is InChI=1S/C29H31NO3/c1-21-6-5-7-26-27(29(33-28(21)26)23-10-12-24(31)13-11-23)20-22-8-14-25(15-9-22)32-19-18-30-16-3-2-4-17-30/h5-15,31H,2-4,16-20H2,1H3. The molecule has 0 unspecified atom stereocenters. The Morgan fingerprint density at radius 3 is 2.42 bits per heavy atom. The first-order chi connectivity index (χ1) is 16.2. The second-order valence-electron chi connectivity index (χ2n) is 8.98. The first-order valence-corrected chi connectivity index (χ1v) is 11.9. The molecule has 3 aromatic carbocycles. The molecule has 1 aliphatic heterocycles. The summed E-state index contributed by atoms with van der Waals surface area (Å²) in [6.07, 6.45) is 4.74. The number of ether oxygens (including phenoxy) is 1. The van der Waals surface area contributed by atoms with Gasteiger partial charge in [0.25, 0.3) is 0 Å². The van der Waals surface area contributed by atoms with Crippen LogP contribution in [-0.4, -0.2) is 36.2 Å². The highest BCUT2D eigenvalue weighted by Crippen LogP contribution is 2.37. The van der Waals surface area contributed by atoms with Gasteiger partial charge < -0.3 is 14.3 Å². The molecule has 0 atom stereocenters. The van der Waals surface area contributed by atoms with Gasteiger partial charge in [0.1, 0.15) is 29.4 Å². The molecule has 1 N–H and O–H groups in total. The van der Waals surface area contributed by atoms with E-state index >= 15 is 0 Å². The molecule has 5 rings (SSSR count). The molecule has 4 heteroatoms. The first kappa shape index (κ1) is 21.6. The Bertz CT molecular complexity index is 1200. The number of hydrogen-bond acceptors (Lipinski definition) is 4. The molecule has 0 saturated carbocycles.